The molecule has 2 aromatic rings. The SMILES string of the molecule is CC(C)n1nccc1NC(=O)C1CC(=O)N(c2ccc(Br)cc2)C1. The lowest BCUT2D eigenvalue weighted by atomic mass is 10.1. The largest absolute Gasteiger partial charge is 0.312 e. The summed E-state index contributed by atoms with van der Waals surface area (Å²) in [6.45, 7) is 4.39. The minimum Gasteiger partial charge on any atom is -0.312 e. The number of nitrogens with zero attached hydrogens (tertiary/aromatic N) is 3. The quantitative estimate of drug-likeness (QED) is 0.871. The van der Waals surface area contributed by atoms with Crippen molar-refractivity contribution < 1.29 is 9.59 Å². The van der Waals surface area contributed by atoms with Gasteiger partial charge < -0.3 is 10.2 Å². The number of benzene rings is 1. The maximum Gasteiger partial charge on any atom is 0.230 e. The second-order valence-corrected chi connectivity index (χ2v) is 7.04. The van der Waals surface area contributed by atoms with Crippen LogP contribution in [0.1, 0.15) is 26.3 Å². The number of aromatic nitrogens is 2. The number of rotatable bonds is 4. The van der Waals surface area contributed by atoms with Gasteiger partial charge in [-0.05, 0) is 38.1 Å². The second-order valence-electron chi connectivity index (χ2n) is 6.13. The fraction of sp³-hybridized carbons (Fsp3) is 0.353. The van der Waals surface area contributed by atoms with Crippen LogP contribution in [0.15, 0.2) is 41.0 Å². The van der Waals surface area contributed by atoms with Crippen LogP contribution in [0.3, 0.4) is 0 Å². The Hall–Kier alpha value is -2.15. The van der Waals surface area contributed by atoms with Crippen molar-refractivity contribution in [3.8, 4) is 0 Å². The van der Waals surface area contributed by atoms with Crippen LogP contribution in [0.4, 0.5) is 11.5 Å². The maximum absolute atomic E-state index is 12.5. The average molecular weight is 391 g/mol. The van der Waals surface area contributed by atoms with E-state index in [1.54, 1.807) is 21.8 Å². The van der Waals surface area contributed by atoms with Crippen molar-refractivity contribution in [1.29, 1.82) is 0 Å². The zero-order chi connectivity index (χ0) is 17.3. The molecule has 0 bridgehead atoms. The number of hydrogen-bond acceptors (Lipinski definition) is 3. The maximum atomic E-state index is 12.5. The number of anilines is 2. The van der Waals surface area contributed by atoms with Crippen LogP contribution in [0.5, 0.6) is 0 Å². The normalized spacial score (nSPS) is 17.6. The lowest BCUT2D eigenvalue weighted by Crippen LogP contribution is -2.28. The number of carbonyl (C=O) groups excluding carboxylic acids is 2. The number of nitrogens with one attached hydrogen (secondary N) is 1. The molecule has 126 valence electrons. The highest BCUT2D eigenvalue weighted by Crippen LogP contribution is 2.27. The summed E-state index contributed by atoms with van der Waals surface area (Å²) >= 11 is 3.38. The van der Waals surface area contributed by atoms with Gasteiger partial charge in [-0.2, -0.15) is 5.10 Å². The number of hydrogen-bond donors (Lipinski definition) is 1. The van der Waals surface area contributed by atoms with Crippen LogP contribution in [-0.2, 0) is 9.59 Å². The van der Waals surface area contributed by atoms with E-state index in [4.69, 9.17) is 0 Å². The molecule has 0 aliphatic carbocycles. The molecule has 1 aliphatic rings. The summed E-state index contributed by atoms with van der Waals surface area (Å²) in [5, 5.41) is 7.09. The first-order chi connectivity index (χ1) is 11.5. The number of amides is 2. The summed E-state index contributed by atoms with van der Waals surface area (Å²) in [5.41, 5.74) is 0.811. The van der Waals surface area contributed by atoms with E-state index in [0.29, 0.717) is 12.4 Å². The molecular formula is C17H19BrN4O2. The average Bonchev–Trinajstić information content (AvgIpc) is 3.15. The van der Waals surface area contributed by atoms with E-state index >= 15 is 0 Å². The molecule has 1 aromatic heterocycles. The summed E-state index contributed by atoms with van der Waals surface area (Å²) in [4.78, 5) is 26.5. The lowest BCUT2D eigenvalue weighted by Gasteiger charge is -2.17. The van der Waals surface area contributed by atoms with Crippen LogP contribution in [-0.4, -0.2) is 28.1 Å². The van der Waals surface area contributed by atoms with Gasteiger partial charge in [0, 0.05) is 35.2 Å². The first-order valence-corrected chi connectivity index (χ1v) is 8.65. The molecule has 1 saturated heterocycles. The Kier molecular flexibility index (Phi) is 4.71. The molecule has 2 heterocycles. The minimum absolute atomic E-state index is 0.0326. The molecule has 3 rings (SSSR count). The van der Waals surface area contributed by atoms with Gasteiger partial charge >= 0.3 is 0 Å². The zero-order valence-electron chi connectivity index (χ0n) is 13.6. The fourth-order valence-electron chi connectivity index (χ4n) is 2.81. The molecule has 1 aliphatic heterocycles. The van der Waals surface area contributed by atoms with Gasteiger partial charge in [-0.1, -0.05) is 15.9 Å². The standard InChI is InChI=1S/C17H19BrN4O2/c1-11(2)22-15(7-8-19-22)20-17(24)12-9-16(23)21(10-12)14-5-3-13(18)4-6-14/h3-8,11-12H,9-10H2,1-2H3,(H,20,24). The third-order valence-corrected chi connectivity index (χ3v) is 4.57. The van der Waals surface area contributed by atoms with Gasteiger partial charge in [0.15, 0.2) is 0 Å². The van der Waals surface area contributed by atoms with Gasteiger partial charge in [-0.25, -0.2) is 4.68 Å². The van der Waals surface area contributed by atoms with Crippen molar-refractivity contribution in [1.82, 2.24) is 9.78 Å². The van der Waals surface area contributed by atoms with Crippen molar-refractivity contribution >= 4 is 39.2 Å². The van der Waals surface area contributed by atoms with Gasteiger partial charge in [0.25, 0.3) is 0 Å². The molecule has 1 aromatic carbocycles. The van der Waals surface area contributed by atoms with E-state index in [2.05, 4.69) is 26.3 Å². The van der Waals surface area contributed by atoms with E-state index < -0.39 is 0 Å². The molecular weight excluding hydrogens is 372 g/mol. The molecule has 2 amide bonds. The lowest BCUT2D eigenvalue weighted by molar-refractivity contribution is -0.122. The van der Waals surface area contributed by atoms with Gasteiger partial charge in [-0.15, -0.1) is 0 Å². The Labute approximate surface area is 149 Å². The Bertz CT molecular complexity index is 754. The second kappa shape index (κ2) is 6.76. The van der Waals surface area contributed by atoms with Crippen molar-refractivity contribution in [2.24, 2.45) is 5.92 Å². The molecule has 1 N–H and O–H groups in total. The van der Waals surface area contributed by atoms with Crippen LogP contribution in [0.25, 0.3) is 0 Å². The predicted molar refractivity (Wildman–Crippen MR) is 95.8 cm³/mol. The summed E-state index contributed by atoms with van der Waals surface area (Å²) in [6.07, 6.45) is 1.88. The molecule has 1 fully saturated rings. The van der Waals surface area contributed by atoms with Crippen LogP contribution < -0.4 is 10.2 Å². The van der Waals surface area contributed by atoms with E-state index in [1.165, 1.54) is 0 Å². The molecule has 0 radical (unpaired) electrons. The molecule has 24 heavy (non-hydrogen) atoms. The third-order valence-electron chi connectivity index (χ3n) is 4.04. The summed E-state index contributed by atoms with van der Waals surface area (Å²) in [5.74, 6) is 0.112. The summed E-state index contributed by atoms with van der Waals surface area (Å²) in [6, 6.07) is 9.43. The summed E-state index contributed by atoms with van der Waals surface area (Å²) < 4.78 is 2.70. The molecule has 1 atom stereocenters. The number of halogens is 1. The van der Waals surface area contributed by atoms with Crippen molar-refractivity contribution in [2.45, 2.75) is 26.3 Å². The summed E-state index contributed by atoms with van der Waals surface area (Å²) in [7, 11) is 0. The van der Waals surface area contributed by atoms with E-state index in [0.717, 1.165) is 10.2 Å². The highest BCUT2D eigenvalue weighted by Gasteiger charge is 2.35. The molecule has 0 spiro atoms. The van der Waals surface area contributed by atoms with Crippen LogP contribution in [0.2, 0.25) is 0 Å². The first-order valence-electron chi connectivity index (χ1n) is 7.86. The Morgan fingerprint density at radius 2 is 2.00 bits per heavy atom. The van der Waals surface area contributed by atoms with Crippen LogP contribution in [0, 0.1) is 5.92 Å². The Morgan fingerprint density at radius 1 is 1.29 bits per heavy atom. The third kappa shape index (κ3) is 3.36. The van der Waals surface area contributed by atoms with Gasteiger partial charge in [0.05, 0.1) is 12.1 Å². The minimum atomic E-state index is -0.364. The topological polar surface area (TPSA) is 67.2 Å². The molecule has 6 nitrogen and oxygen atoms in total. The van der Waals surface area contributed by atoms with Crippen molar-refractivity contribution in [2.75, 3.05) is 16.8 Å². The number of carbonyl (C=O) groups is 2. The molecule has 1 unspecified atom stereocenters. The first kappa shape index (κ1) is 16.7. The monoisotopic (exact) mass is 390 g/mol. The fourth-order valence-corrected chi connectivity index (χ4v) is 3.07. The van der Waals surface area contributed by atoms with E-state index in [9.17, 15) is 9.59 Å². The highest BCUT2D eigenvalue weighted by molar-refractivity contribution is 9.10. The van der Waals surface area contributed by atoms with Crippen molar-refractivity contribution in [3.63, 3.8) is 0 Å². The molecule has 7 heteroatoms. The predicted octanol–water partition coefficient (Wildman–Crippen LogP) is 3.22. The molecule has 0 saturated carbocycles. The van der Waals surface area contributed by atoms with Gasteiger partial charge in [-0.3, -0.25) is 9.59 Å². The van der Waals surface area contributed by atoms with Crippen molar-refractivity contribution in [3.05, 3.63) is 41.0 Å². The zero-order valence-corrected chi connectivity index (χ0v) is 15.2. The van der Waals surface area contributed by atoms with E-state index in [-0.39, 0.29) is 30.2 Å². The smallest absolute Gasteiger partial charge is 0.230 e. The highest BCUT2D eigenvalue weighted by atomic mass is 79.9. The van der Waals surface area contributed by atoms with Gasteiger partial charge in [0.2, 0.25) is 11.8 Å². The van der Waals surface area contributed by atoms with Crippen LogP contribution >= 0.6 is 15.9 Å². The van der Waals surface area contributed by atoms with E-state index in [1.807, 2.05) is 38.1 Å². The Balaban J connectivity index is 1.70. The Morgan fingerprint density at radius 3 is 2.67 bits per heavy atom. The van der Waals surface area contributed by atoms with Gasteiger partial charge in [0.1, 0.15) is 5.82 Å².